The molecule has 3 aromatic rings. The highest BCUT2D eigenvalue weighted by atomic mass is 16.5. The Morgan fingerprint density at radius 2 is 1.61 bits per heavy atom. The van der Waals surface area contributed by atoms with Crippen LogP contribution in [0.15, 0.2) is 66.9 Å². The fourth-order valence-electron chi connectivity index (χ4n) is 3.86. The summed E-state index contributed by atoms with van der Waals surface area (Å²) in [6.07, 6.45) is 2.05. The maximum absolute atomic E-state index is 12.6. The molecule has 4 rings (SSSR count). The number of carbonyl (C=O) groups is 1. The summed E-state index contributed by atoms with van der Waals surface area (Å²) in [5, 5.41) is 2.92. The average Bonchev–Trinajstić information content (AvgIpc) is 2.79. The zero-order valence-corrected chi connectivity index (χ0v) is 17.9. The molecule has 0 aliphatic carbocycles. The number of ether oxygens (including phenoxy) is 1. The summed E-state index contributed by atoms with van der Waals surface area (Å²) in [7, 11) is 0. The van der Waals surface area contributed by atoms with Gasteiger partial charge in [-0.15, -0.1) is 0 Å². The van der Waals surface area contributed by atoms with Crippen LogP contribution in [0.2, 0.25) is 0 Å². The molecule has 1 aromatic heterocycles. The lowest BCUT2D eigenvalue weighted by Gasteiger charge is -2.36. The van der Waals surface area contributed by atoms with E-state index in [1.54, 1.807) is 6.20 Å². The lowest BCUT2D eigenvalue weighted by Crippen LogP contribution is -2.45. The van der Waals surface area contributed by atoms with Crippen molar-refractivity contribution in [3.05, 3.63) is 78.0 Å². The van der Waals surface area contributed by atoms with E-state index in [1.165, 1.54) is 0 Å². The van der Waals surface area contributed by atoms with Gasteiger partial charge in [-0.05, 0) is 54.8 Å². The number of hydrogen-bond acceptors (Lipinski definition) is 5. The van der Waals surface area contributed by atoms with Crippen LogP contribution in [0.4, 0.5) is 11.5 Å². The molecule has 31 heavy (non-hydrogen) atoms. The van der Waals surface area contributed by atoms with Crippen molar-refractivity contribution >= 4 is 17.4 Å². The minimum Gasteiger partial charge on any atom is -0.372 e. The molecule has 2 heterocycles. The van der Waals surface area contributed by atoms with Crippen LogP contribution in [-0.4, -0.2) is 36.2 Å². The van der Waals surface area contributed by atoms with Crippen LogP contribution in [0, 0.1) is 0 Å². The van der Waals surface area contributed by atoms with Crippen LogP contribution in [0.25, 0.3) is 11.1 Å². The molecule has 0 radical (unpaired) electrons. The number of rotatable bonds is 5. The van der Waals surface area contributed by atoms with Gasteiger partial charge in [0.15, 0.2) is 0 Å². The maximum Gasteiger partial charge on any atom is 0.255 e. The van der Waals surface area contributed by atoms with E-state index in [2.05, 4.69) is 29.0 Å². The number of carbonyl (C=O) groups excluding carboxylic acids is 1. The van der Waals surface area contributed by atoms with Crippen LogP contribution >= 0.6 is 0 Å². The monoisotopic (exact) mass is 416 g/mol. The van der Waals surface area contributed by atoms with Crippen molar-refractivity contribution in [2.75, 3.05) is 23.3 Å². The molecule has 6 nitrogen and oxygen atoms in total. The second-order valence-electron chi connectivity index (χ2n) is 8.00. The number of nitrogens with zero attached hydrogens (tertiary/aromatic N) is 2. The van der Waals surface area contributed by atoms with Gasteiger partial charge in [-0.25, -0.2) is 4.98 Å². The number of amides is 1. The van der Waals surface area contributed by atoms with Gasteiger partial charge in [0, 0.05) is 25.2 Å². The number of hydrogen-bond donors (Lipinski definition) is 2. The Morgan fingerprint density at radius 1 is 1.00 bits per heavy atom. The van der Waals surface area contributed by atoms with Crippen LogP contribution in [-0.2, 0) is 11.3 Å². The number of aromatic nitrogens is 1. The van der Waals surface area contributed by atoms with Gasteiger partial charge in [0.25, 0.3) is 5.91 Å². The Labute approximate surface area is 183 Å². The molecule has 6 heteroatoms. The van der Waals surface area contributed by atoms with Crippen LogP contribution < -0.4 is 16.0 Å². The number of morpholine rings is 1. The van der Waals surface area contributed by atoms with E-state index in [0.29, 0.717) is 17.8 Å². The predicted octanol–water partition coefficient (Wildman–Crippen LogP) is 4.07. The molecule has 2 aromatic carbocycles. The van der Waals surface area contributed by atoms with Gasteiger partial charge >= 0.3 is 0 Å². The van der Waals surface area contributed by atoms with Gasteiger partial charge in [-0.1, -0.05) is 36.4 Å². The SMILES string of the molecule is CC1CN(c2ccc(NC(=O)c3ccc(-c4ccc(CN)cc4)cc3)cn2)CC(C)O1. The maximum atomic E-state index is 12.6. The summed E-state index contributed by atoms with van der Waals surface area (Å²) in [6.45, 7) is 6.28. The van der Waals surface area contributed by atoms with E-state index in [1.807, 2.05) is 60.7 Å². The van der Waals surface area contributed by atoms with Gasteiger partial charge in [0.1, 0.15) is 5.82 Å². The zero-order valence-electron chi connectivity index (χ0n) is 17.9. The lowest BCUT2D eigenvalue weighted by atomic mass is 10.0. The zero-order chi connectivity index (χ0) is 21.8. The topological polar surface area (TPSA) is 80.5 Å². The van der Waals surface area contributed by atoms with E-state index < -0.39 is 0 Å². The Hall–Kier alpha value is -3.22. The van der Waals surface area contributed by atoms with Crippen molar-refractivity contribution in [1.82, 2.24) is 4.98 Å². The van der Waals surface area contributed by atoms with Crippen LogP contribution in [0.3, 0.4) is 0 Å². The first-order valence-corrected chi connectivity index (χ1v) is 10.6. The summed E-state index contributed by atoms with van der Waals surface area (Å²) in [5.74, 6) is 0.734. The Balaban J connectivity index is 1.39. The third-order valence-corrected chi connectivity index (χ3v) is 5.42. The number of benzene rings is 2. The second kappa shape index (κ2) is 9.29. The van der Waals surface area contributed by atoms with Gasteiger partial charge in [-0.3, -0.25) is 4.79 Å². The normalized spacial score (nSPS) is 18.6. The molecule has 0 spiro atoms. The molecule has 0 saturated carbocycles. The highest BCUT2D eigenvalue weighted by Crippen LogP contribution is 2.22. The average molecular weight is 417 g/mol. The van der Waals surface area contributed by atoms with Gasteiger partial charge < -0.3 is 20.7 Å². The molecule has 1 amide bonds. The van der Waals surface area contributed by atoms with E-state index >= 15 is 0 Å². The highest BCUT2D eigenvalue weighted by molar-refractivity contribution is 6.04. The third kappa shape index (κ3) is 5.10. The van der Waals surface area contributed by atoms with Crippen molar-refractivity contribution in [3.8, 4) is 11.1 Å². The number of nitrogens with one attached hydrogen (secondary N) is 1. The molecule has 0 bridgehead atoms. The number of pyridine rings is 1. The molecular formula is C25H28N4O2. The Kier molecular flexibility index (Phi) is 6.30. The third-order valence-electron chi connectivity index (χ3n) is 5.42. The Bertz CT molecular complexity index is 1010. The standard InChI is InChI=1S/C25H28N4O2/c1-17-15-29(16-18(2)31-17)24-12-11-23(14-27-24)28-25(30)22-9-7-21(8-10-22)20-5-3-19(13-26)4-6-20/h3-12,14,17-18H,13,15-16,26H2,1-2H3,(H,28,30). The quantitative estimate of drug-likeness (QED) is 0.655. The second-order valence-corrected chi connectivity index (χ2v) is 8.00. The first-order chi connectivity index (χ1) is 15.0. The van der Waals surface area contributed by atoms with Crippen molar-refractivity contribution in [2.24, 2.45) is 5.73 Å². The summed E-state index contributed by atoms with van der Waals surface area (Å²) < 4.78 is 5.78. The largest absolute Gasteiger partial charge is 0.372 e. The van der Waals surface area contributed by atoms with E-state index in [0.717, 1.165) is 35.6 Å². The minimum absolute atomic E-state index is 0.159. The molecule has 2 unspecified atom stereocenters. The van der Waals surface area contributed by atoms with E-state index in [-0.39, 0.29) is 18.1 Å². The molecular weight excluding hydrogens is 388 g/mol. The minimum atomic E-state index is -0.159. The van der Waals surface area contributed by atoms with Gasteiger partial charge in [0.05, 0.1) is 24.1 Å². The van der Waals surface area contributed by atoms with Gasteiger partial charge in [0.2, 0.25) is 0 Å². The van der Waals surface area contributed by atoms with Crippen molar-refractivity contribution in [2.45, 2.75) is 32.6 Å². The summed E-state index contributed by atoms with van der Waals surface area (Å²) in [4.78, 5) is 19.4. The molecule has 160 valence electrons. The van der Waals surface area contributed by atoms with Crippen molar-refractivity contribution in [3.63, 3.8) is 0 Å². The fourth-order valence-corrected chi connectivity index (χ4v) is 3.86. The van der Waals surface area contributed by atoms with Crippen molar-refractivity contribution in [1.29, 1.82) is 0 Å². The van der Waals surface area contributed by atoms with E-state index in [9.17, 15) is 4.79 Å². The first-order valence-electron chi connectivity index (χ1n) is 10.6. The smallest absolute Gasteiger partial charge is 0.255 e. The number of anilines is 2. The van der Waals surface area contributed by atoms with Crippen LogP contribution in [0.5, 0.6) is 0 Å². The van der Waals surface area contributed by atoms with Crippen LogP contribution in [0.1, 0.15) is 29.8 Å². The predicted molar refractivity (Wildman–Crippen MR) is 124 cm³/mol. The molecule has 1 saturated heterocycles. The summed E-state index contributed by atoms with van der Waals surface area (Å²) in [6, 6.07) is 19.5. The van der Waals surface area contributed by atoms with Gasteiger partial charge in [-0.2, -0.15) is 0 Å². The first kappa shape index (κ1) is 21.0. The van der Waals surface area contributed by atoms with E-state index in [4.69, 9.17) is 10.5 Å². The lowest BCUT2D eigenvalue weighted by molar-refractivity contribution is -0.00545. The summed E-state index contributed by atoms with van der Waals surface area (Å²) in [5.41, 5.74) is 10.2. The molecule has 2 atom stereocenters. The fraction of sp³-hybridized carbons (Fsp3) is 0.280. The van der Waals surface area contributed by atoms with Crippen molar-refractivity contribution < 1.29 is 9.53 Å². The summed E-state index contributed by atoms with van der Waals surface area (Å²) >= 11 is 0. The molecule has 1 aliphatic rings. The molecule has 1 fully saturated rings. The Morgan fingerprint density at radius 3 is 2.16 bits per heavy atom. The molecule has 1 aliphatic heterocycles. The highest BCUT2D eigenvalue weighted by Gasteiger charge is 2.23. The molecule has 3 N–H and O–H groups in total. The number of nitrogens with two attached hydrogens (primary N) is 1.